The minimum absolute atomic E-state index is 0.0468. The molecule has 1 aromatic carbocycles. The number of fused-ring (bicyclic) bond motifs is 1. The van der Waals surface area contributed by atoms with E-state index >= 15 is 0 Å². The molecule has 0 aliphatic heterocycles. The Balaban J connectivity index is 2.60. The highest BCUT2D eigenvalue weighted by Crippen LogP contribution is 2.30. The third-order valence-electron chi connectivity index (χ3n) is 3.21. The molecule has 2 aromatic rings. The van der Waals surface area contributed by atoms with Gasteiger partial charge in [-0.15, -0.1) is 0 Å². The molecule has 90 valence electrons. The number of carboxylic acid groups (broad SMARTS) is 1. The number of hydrogen-bond acceptors (Lipinski definition) is 2. The molecule has 0 aliphatic rings. The Bertz CT molecular complexity index is 572. The van der Waals surface area contributed by atoms with Crippen molar-refractivity contribution in [2.75, 3.05) is 0 Å². The molecule has 0 fully saturated rings. The van der Waals surface area contributed by atoms with Crippen LogP contribution in [0.4, 0.5) is 0 Å². The fourth-order valence-corrected chi connectivity index (χ4v) is 2.31. The van der Waals surface area contributed by atoms with Crippen molar-refractivity contribution in [1.29, 1.82) is 0 Å². The van der Waals surface area contributed by atoms with E-state index in [0.29, 0.717) is 0 Å². The van der Waals surface area contributed by atoms with Crippen molar-refractivity contribution in [3.63, 3.8) is 0 Å². The predicted molar refractivity (Wildman–Crippen MR) is 66.8 cm³/mol. The largest absolute Gasteiger partial charge is 0.481 e. The van der Waals surface area contributed by atoms with Gasteiger partial charge < -0.3 is 15.4 Å². The van der Waals surface area contributed by atoms with E-state index in [4.69, 9.17) is 10.8 Å². The molecule has 2 rings (SSSR count). The van der Waals surface area contributed by atoms with Crippen LogP contribution in [-0.4, -0.2) is 15.6 Å². The van der Waals surface area contributed by atoms with Crippen molar-refractivity contribution in [3.8, 4) is 0 Å². The molecule has 0 spiro atoms. The zero-order chi connectivity index (χ0) is 12.6. The van der Waals surface area contributed by atoms with Crippen LogP contribution >= 0.6 is 0 Å². The van der Waals surface area contributed by atoms with Gasteiger partial charge in [-0.05, 0) is 18.6 Å². The first-order valence-corrected chi connectivity index (χ1v) is 5.53. The smallest absolute Gasteiger partial charge is 0.305 e. The van der Waals surface area contributed by atoms with E-state index in [1.807, 2.05) is 42.8 Å². The average molecular weight is 232 g/mol. The Hall–Kier alpha value is -1.81. The van der Waals surface area contributed by atoms with Gasteiger partial charge in [0.05, 0.1) is 6.42 Å². The minimum Gasteiger partial charge on any atom is -0.481 e. The van der Waals surface area contributed by atoms with E-state index in [-0.39, 0.29) is 6.42 Å². The third kappa shape index (κ3) is 1.91. The van der Waals surface area contributed by atoms with Gasteiger partial charge in [0.15, 0.2) is 0 Å². The van der Waals surface area contributed by atoms with E-state index in [0.717, 1.165) is 22.2 Å². The van der Waals surface area contributed by atoms with Gasteiger partial charge in [-0.3, -0.25) is 4.79 Å². The SMILES string of the molecule is Cc1c(C(N)CC(=O)O)c2ccccc2n1C. The number of rotatable bonds is 3. The van der Waals surface area contributed by atoms with Crippen LogP contribution in [0.2, 0.25) is 0 Å². The van der Waals surface area contributed by atoms with Crippen LogP contribution in [0.15, 0.2) is 24.3 Å². The van der Waals surface area contributed by atoms with Gasteiger partial charge in [-0.2, -0.15) is 0 Å². The van der Waals surface area contributed by atoms with Crippen LogP contribution < -0.4 is 5.73 Å². The Morgan fingerprint density at radius 2 is 2.12 bits per heavy atom. The summed E-state index contributed by atoms with van der Waals surface area (Å²) in [5.41, 5.74) is 9.03. The number of aromatic nitrogens is 1. The Labute approximate surface area is 99.7 Å². The molecule has 3 N–H and O–H groups in total. The first kappa shape index (κ1) is 11.7. The molecule has 0 saturated heterocycles. The lowest BCUT2D eigenvalue weighted by atomic mass is 10.0. The average Bonchev–Trinajstić information content (AvgIpc) is 2.51. The van der Waals surface area contributed by atoms with Gasteiger partial charge in [0.25, 0.3) is 0 Å². The van der Waals surface area contributed by atoms with Crippen LogP contribution in [0.25, 0.3) is 10.9 Å². The maximum Gasteiger partial charge on any atom is 0.305 e. The Morgan fingerprint density at radius 1 is 1.47 bits per heavy atom. The summed E-state index contributed by atoms with van der Waals surface area (Å²) >= 11 is 0. The topological polar surface area (TPSA) is 68.2 Å². The minimum atomic E-state index is -0.871. The van der Waals surface area contributed by atoms with E-state index in [1.165, 1.54) is 0 Å². The van der Waals surface area contributed by atoms with Gasteiger partial charge >= 0.3 is 5.97 Å². The van der Waals surface area contributed by atoms with Crippen molar-refractivity contribution in [2.45, 2.75) is 19.4 Å². The van der Waals surface area contributed by atoms with E-state index in [2.05, 4.69) is 0 Å². The lowest BCUT2D eigenvalue weighted by molar-refractivity contribution is -0.137. The summed E-state index contributed by atoms with van der Waals surface area (Å²) in [4.78, 5) is 10.8. The highest BCUT2D eigenvalue weighted by Gasteiger charge is 2.19. The van der Waals surface area contributed by atoms with Crippen molar-refractivity contribution in [1.82, 2.24) is 4.57 Å². The van der Waals surface area contributed by atoms with E-state index in [9.17, 15) is 4.79 Å². The molecule has 0 radical (unpaired) electrons. The highest BCUT2D eigenvalue weighted by atomic mass is 16.4. The number of carboxylic acids is 1. The third-order valence-corrected chi connectivity index (χ3v) is 3.21. The number of hydrogen-bond donors (Lipinski definition) is 2. The van der Waals surface area contributed by atoms with E-state index < -0.39 is 12.0 Å². The van der Waals surface area contributed by atoms with Gasteiger partial charge in [0.1, 0.15) is 0 Å². The lowest BCUT2D eigenvalue weighted by Crippen LogP contribution is -2.16. The molecule has 4 nitrogen and oxygen atoms in total. The van der Waals surface area contributed by atoms with E-state index in [1.54, 1.807) is 0 Å². The summed E-state index contributed by atoms with van der Waals surface area (Å²) in [7, 11) is 1.97. The normalized spacial score (nSPS) is 12.9. The molecule has 0 bridgehead atoms. The molecular weight excluding hydrogens is 216 g/mol. The molecule has 1 aromatic heterocycles. The lowest BCUT2D eigenvalue weighted by Gasteiger charge is -2.10. The summed E-state index contributed by atoms with van der Waals surface area (Å²) < 4.78 is 2.05. The Morgan fingerprint density at radius 3 is 2.76 bits per heavy atom. The zero-order valence-corrected chi connectivity index (χ0v) is 9.97. The van der Waals surface area contributed by atoms with Crippen molar-refractivity contribution in [3.05, 3.63) is 35.5 Å². The highest BCUT2D eigenvalue weighted by molar-refractivity contribution is 5.86. The molecule has 0 aliphatic carbocycles. The summed E-state index contributed by atoms with van der Waals surface area (Å²) in [6, 6.07) is 7.45. The van der Waals surface area contributed by atoms with Crippen molar-refractivity contribution < 1.29 is 9.90 Å². The van der Waals surface area contributed by atoms with Crippen LogP contribution in [-0.2, 0) is 11.8 Å². The number of para-hydroxylation sites is 1. The van der Waals surface area contributed by atoms with Gasteiger partial charge in [-0.1, -0.05) is 18.2 Å². The molecule has 1 unspecified atom stereocenters. The molecule has 1 atom stereocenters. The number of nitrogens with two attached hydrogens (primary N) is 1. The van der Waals surface area contributed by atoms with Gasteiger partial charge in [-0.25, -0.2) is 0 Å². The number of aliphatic carboxylic acids is 1. The maximum atomic E-state index is 10.8. The van der Waals surface area contributed by atoms with Gasteiger partial charge in [0.2, 0.25) is 0 Å². The molecule has 0 amide bonds. The van der Waals surface area contributed by atoms with Crippen LogP contribution in [0.5, 0.6) is 0 Å². The molecule has 17 heavy (non-hydrogen) atoms. The van der Waals surface area contributed by atoms with Crippen LogP contribution in [0, 0.1) is 6.92 Å². The molecular formula is C13H16N2O2. The predicted octanol–water partition coefficient (Wildman–Crippen LogP) is 1.96. The van der Waals surface area contributed by atoms with Crippen molar-refractivity contribution >= 4 is 16.9 Å². The summed E-state index contributed by atoms with van der Waals surface area (Å²) in [5, 5.41) is 9.87. The number of benzene rings is 1. The molecule has 1 heterocycles. The molecule has 4 heteroatoms. The second kappa shape index (κ2) is 4.22. The van der Waals surface area contributed by atoms with Crippen molar-refractivity contribution in [2.24, 2.45) is 12.8 Å². The van der Waals surface area contributed by atoms with Gasteiger partial charge in [0, 0.05) is 29.7 Å². The summed E-state index contributed by atoms with van der Waals surface area (Å²) in [6.07, 6.45) is -0.0468. The number of aryl methyl sites for hydroxylation is 1. The second-order valence-electron chi connectivity index (χ2n) is 4.28. The summed E-state index contributed by atoms with van der Waals surface area (Å²) in [5.74, 6) is -0.871. The number of nitrogens with zero attached hydrogens (tertiary/aromatic N) is 1. The fourth-order valence-electron chi connectivity index (χ4n) is 2.31. The number of carbonyl (C=O) groups is 1. The first-order chi connectivity index (χ1) is 8.02. The molecule has 0 saturated carbocycles. The summed E-state index contributed by atoms with van der Waals surface area (Å²) in [6.45, 7) is 1.97. The second-order valence-corrected chi connectivity index (χ2v) is 4.28. The van der Waals surface area contributed by atoms with Crippen LogP contribution in [0.3, 0.4) is 0 Å². The maximum absolute atomic E-state index is 10.8. The fraction of sp³-hybridized carbons (Fsp3) is 0.308. The quantitative estimate of drug-likeness (QED) is 0.850. The van der Waals surface area contributed by atoms with Crippen LogP contribution in [0.1, 0.15) is 23.7 Å². The monoisotopic (exact) mass is 232 g/mol. The Kier molecular flexibility index (Phi) is 2.90. The first-order valence-electron chi connectivity index (χ1n) is 5.53. The zero-order valence-electron chi connectivity index (χ0n) is 9.97. The standard InChI is InChI=1S/C13H16N2O2/c1-8-13(10(14)7-12(16)17)9-5-3-4-6-11(9)15(8)2/h3-6,10H,7,14H2,1-2H3,(H,16,17).